The van der Waals surface area contributed by atoms with E-state index in [4.69, 9.17) is 0 Å². The molecule has 0 saturated carbocycles. The van der Waals surface area contributed by atoms with Gasteiger partial charge in [0, 0.05) is 26.1 Å². The topological polar surface area (TPSA) is 104 Å². The molecule has 2 aromatic carbocycles. The summed E-state index contributed by atoms with van der Waals surface area (Å²) in [6.07, 6.45) is 0.608. The first-order valence-corrected chi connectivity index (χ1v) is 13.8. The lowest BCUT2D eigenvalue weighted by Gasteiger charge is -2.31. The minimum absolute atomic E-state index is 0.00438. The number of rotatable bonds is 11. The number of amides is 3. The predicted molar refractivity (Wildman–Crippen MR) is 138 cm³/mol. The fraction of sp³-hybridized carbons (Fsp3) is 0.444. The van der Waals surface area contributed by atoms with Crippen LogP contribution in [0.4, 0.5) is 0 Å². The van der Waals surface area contributed by atoms with Crippen molar-refractivity contribution in [2.24, 2.45) is 5.92 Å². The molecular weight excluding hydrogens is 478 g/mol. The zero-order valence-corrected chi connectivity index (χ0v) is 22.2. The number of benzene rings is 2. The predicted octanol–water partition coefficient (Wildman–Crippen LogP) is 3.50. The van der Waals surface area contributed by atoms with Crippen molar-refractivity contribution in [3.63, 3.8) is 0 Å². The van der Waals surface area contributed by atoms with Gasteiger partial charge in [0.15, 0.2) is 0 Å². The number of fused-ring (bicyclic) bond motifs is 1. The van der Waals surface area contributed by atoms with Gasteiger partial charge in [-0.15, -0.1) is 0 Å². The van der Waals surface area contributed by atoms with E-state index in [1.54, 1.807) is 17.0 Å². The summed E-state index contributed by atoms with van der Waals surface area (Å²) >= 11 is 0. The SMILES string of the molecule is CCC(C(=O)NCC(C)C)N(Cc1cccc(C)c1)C(=O)CCCN1C(=O)c2ccccc2S1(=O)=O. The maximum atomic E-state index is 13.4. The molecule has 9 heteroatoms. The van der Waals surface area contributed by atoms with E-state index in [0.29, 0.717) is 13.0 Å². The van der Waals surface area contributed by atoms with E-state index in [9.17, 15) is 22.8 Å². The Kier molecular flexibility index (Phi) is 8.89. The maximum Gasteiger partial charge on any atom is 0.269 e. The van der Waals surface area contributed by atoms with Crippen LogP contribution in [0.25, 0.3) is 0 Å². The van der Waals surface area contributed by atoms with Crippen molar-refractivity contribution >= 4 is 27.7 Å². The molecular formula is C27H35N3O5S. The lowest BCUT2D eigenvalue weighted by molar-refractivity contribution is -0.141. The van der Waals surface area contributed by atoms with Gasteiger partial charge in [-0.3, -0.25) is 14.4 Å². The molecule has 194 valence electrons. The van der Waals surface area contributed by atoms with Crippen LogP contribution in [0.3, 0.4) is 0 Å². The number of hydrogen-bond donors (Lipinski definition) is 1. The monoisotopic (exact) mass is 513 g/mol. The Balaban J connectivity index is 1.74. The Morgan fingerprint density at radius 1 is 1.08 bits per heavy atom. The van der Waals surface area contributed by atoms with Crippen molar-refractivity contribution in [3.05, 3.63) is 65.2 Å². The van der Waals surface area contributed by atoms with Crippen molar-refractivity contribution in [3.8, 4) is 0 Å². The van der Waals surface area contributed by atoms with E-state index >= 15 is 0 Å². The zero-order chi connectivity index (χ0) is 26.5. The first kappa shape index (κ1) is 27.4. The van der Waals surface area contributed by atoms with E-state index in [2.05, 4.69) is 5.32 Å². The molecule has 2 aromatic rings. The third-order valence-electron chi connectivity index (χ3n) is 6.17. The van der Waals surface area contributed by atoms with Crippen LogP contribution in [0, 0.1) is 12.8 Å². The summed E-state index contributed by atoms with van der Waals surface area (Å²) in [4.78, 5) is 40.6. The number of hydrogen-bond acceptors (Lipinski definition) is 5. The van der Waals surface area contributed by atoms with Crippen molar-refractivity contribution in [2.45, 2.75) is 64.4 Å². The fourth-order valence-electron chi connectivity index (χ4n) is 4.32. The third-order valence-corrected chi connectivity index (χ3v) is 8.01. The Bertz CT molecular complexity index is 1230. The Labute approximate surface area is 213 Å². The Hall–Kier alpha value is -3.20. The highest BCUT2D eigenvalue weighted by molar-refractivity contribution is 7.90. The molecule has 0 aliphatic carbocycles. The third kappa shape index (κ3) is 6.13. The molecule has 1 aliphatic rings. The zero-order valence-electron chi connectivity index (χ0n) is 21.4. The highest BCUT2D eigenvalue weighted by Crippen LogP contribution is 2.30. The normalized spacial score (nSPS) is 15.0. The number of sulfonamides is 1. The number of nitrogens with zero attached hydrogens (tertiary/aromatic N) is 2. The van der Waals surface area contributed by atoms with Gasteiger partial charge in [-0.25, -0.2) is 12.7 Å². The number of carbonyl (C=O) groups excluding carboxylic acids is 3. The van der Waals surface area contributed by atoms with E-state index in [1.165, 1.54) is 12.1 Å². The van der Waals surface area contributed by atoms with Crippen molar-refractivity contribution in [1.29, 1.82) is 0 Å². The summed E-state index contributed by atoms with van der Waals surface area (Å²) in [5.74, 6) is -0.768. The average molecular weight is 514 g/mol. The van der Waals surface area contributed by atoms with Gasteiger partial charge >= 0.3 is 0 Å². The van der Waals surface area contributed by atoms with Crippen molar-refractivity contribution in [1.82, 2.24) is 14.5 Å². The van der Waals surface area contributed by atoms with Crippen LogP contribution in [0.2, 0.25) is 0 Å². The first-order valence-electron chi connectivity index (χ1n) is 12.3. The molecule has 1 heterocycles. The molecule has 0 spiro atoms. The fourth-order valence-corrected chi connectivity index (χ4v) is 5.93. The van der Waals surface area contributed by atoms with Gasteiger partial charge in [0.05, 0.1) is 5.56 Å². The van der Waals surface area contributed by atoms with Gasteiger partial charge in [-0.05, 0) is 43.4 Å². The number of carbonyl (C=O) groups is 3. The molecule has 1 atom stereocenters. The lowest BCUT2D eigenvalue weighted by Crippen LogP contribution is -2.49. The molecule has 0 radical (unpaired) electrons. The van der Waals surface area contributed by atoms with Gasteiger partial charge in [0.2, 0.25) is 11.8 Å². The summed E-state index contributed by atoms with van der Waals surface area (Å²) in [5, 5.41) is 2.93. The largest absolute Gasteiger partial charge is 0.354 e. The van der Waals surface area contributed by atoms with Crippen molar-refractivity contribution in [2.75, 3.05) is 13.1 Å². The van der Waals surface area contributed by atoms with Crippen LogP contribution < -0.4 is 5.32 Å². The standard InChI is InChI=1S/C27H35N3O5S/c1-5-23(26(32)28-17-19(2)3)29(18-21-11-8-10-20(4)16-21)25(31)14-9-15-30-27(33)22-12-6-7-13-24(22)36(30,34)35/h6-8,10-13,16,19,23H,5,9,14-15,17-18H2,1-4H3,(H,28,32). The van der Waals surface area contributed by atoms with Gasteiger partial charge in [-0.2, -0.15) is 0 Å². The lowest BCUT2D eigenvalue weighted by atomic mass is 10.1. The molecule has 3 amide bonds. The second-order valence-electron chi connectivity index (χ2n) is 9.56. The van der Waals surface area contributed by atoms with Crippen LogP contribution in [-0.2, 0) is 26.2 Å². The smallest absolute Gasteiger partial charge is 0.269 e. The highest BCUT2D eigenvalue weighted by Gasteiger charge is 2.40. The minimum Gasteiger partial charge on any atom is -0.354 e. The van der Waals surface area contributed by atoms with Crippen molar-refractivity contribution < 1.29 is 22.8 Å². The van der Waals surface area contributed by atoms with Crippen LogP contribution in [-0.4, -0.2) is 54.5 Å². The molecule has 0 bridgehead atoms. The summed E-state index contributed by atoms with van der Waals surface area (Å²) in [6.45, 7) is 8.51. The van der Waals surface area contributed by atoms with Gasteiger partial charge in [0.25, 0.3) is 15.9 Å². The van der Waals surface area contributed by atoms with E-state index in [-0.39, 0.29) is 54.1 Å². The highest BCUT2D eigenvalue weighted by atomic mass is 32.2. The van der Waals surface area contributed by atoms with Gasteiger partial charge in [0.1, 0.15) is 10.9 Å². The van der Waals surface area contributed by atoms with Crippen LogP contribution in [0.5, 0.6) is 0 Å². The second kappa shape index (κ2) is 11.7. The molecule has 1 N–H and O–H groups in total. The molecule has 0 saturated heterocycles. The molecule has 3 rings (SSSR count). The van der Waals surface area contributed by atoms with E-state index < -0.39 is 22.0 Å². The molecule has 1 unspecified atom stereocenters. The van der Waals surface area contributed by atoms with Gasteiger partial charge in [-0.1, -0.05) is 62.7 Å². The summed E-state index contributed by atoms with van der Waals surface area (Å²) in [7, 11) is -3.92. The maximum absolute atomic E-state index is 13.4. The van der Waals surface area contributed by atoms with Crippen LogP contribution in [0.15, 0.2) is 53.4 Å². The quantitative estimate of drug-likeness (QED) is 0.495. The molecule has 0 fully saturated rings. The Morgan fingerprint density at radius 3 is 2.44 bits per heavy atom. The molecule has 1 aliphatic heterocycles. The number of nitrogens with one attached hydrogen (secondary N) is 1. The molecule has 36 heavy (non-hydrogen) atoms. The van der Waals surface area contributed by atoms with Gasteiger partial charge < -0.3 is 10.2 Å². The summed E-state index contributed by atoms with van der Waals surface area (Å²) in [5.41, 5.74) is 2.11. The minimum atomic E-state index is -3.92. The van der Waals surface area contributed by atoms with Crippen LogP contribution >= 0.6 is 0 Å². The second-order valence-corrected chi connectivity index (χ2v) is 11.4. The first-order chi connectivity index (χ1) is 17.1. The molecule has 8 nitrogen and oxygen atoms in total. The molecule has 0 aromatic heterocycles. The van der Waals surface area contributed by atoms with E-state index in [1.807, 2.05) is 52.0 Å². The van der Waals surface area contributed by atoms with E-state index in [0.717, 1.165) is 15.4 Å². The Morgan fingerprint density at radius 2 is 1.81 bits per heavy atom. The number of aryl methyl sites for hydroxylation is 1. The summed E-state index contributed by atoms with van der Waals surface area (Å²) < 4.78 is 26.4. The summed E-state index contributed by atoms with van der Waals surface area (Å²) in [6, 6.07) is 13.2. The van der Waals surface area contributed by atoms with Crippen LogP contribution in [0.1, 0.15) is 61.5 Å². The average Bonchev–Trinajstić information content (AvgIpc) is 3.03.